The molecule has 0 saturated carbocycles. The van der Waals surface area contributed by atoms with Crippen molar-refractivity contribution in [2.45, 2.75) is 53.6 Å². The summed E-state index contributed by atoms with van der Waals surface area (Å²) in [7, 11) is 0. The Bertz CT molecular complexity index is 1000. The summed E-state index contributed by atoms with van der Waals surface area (Å²) < 4.78 is 5.75. The molecule has 0 spiro atoms. The van der Waals surface area contributed by atoms with Crippen molar-refractivity contribution in [1.82, 2.24) is 4.90 Å². The van der Waals surface area contributed by atoms with Gasteiger partial charge in [-0.1, -0.05) is 69.7 Å². The van der Waals surface area contributed by atoms with Crippen molar-refractivity contribution in [3.8, 4) is 5.75 Å². The minimum Gasteiger partial charge on any atom is -0.503 e. The fourth-order valence-corrected chi connectivity index (χ4v) is 3.92. The molecule has 0 bridgehead atoms. The zero-order valence-corrected chi connectivity index (χ0v) is 19.6. The van der Waals surface area contributed by atoms with Crippen LogP contribution in [0.2, 0.25) is 0 Å². The Morgan fingerprint density at radius 1 is 1.06 bits per heavy atom. The number of aliphatic hydroxyl groups excluding tert-OH is 1. The first-order chi connectivity index (χ1) is 15.2. The molecule has 1 aliphatic rings. The molecule has 2 aromatic rings. The lowest BCUT2D eigenvalue weighted by Crippen LogP contribution is -2.30. The predicted octanol–water partition coefficient (Wildman–Crippen LogP) is 5.54. The fourth-order valence-electron chi connectivity index (χ4n) is 3.92. The van der Waals surface area contributed by atoms with Crippen LogP contribution in [0.5, 0.6) is 5.75 Å². The maximum atomic E-state index is 13.1. The van der Waals surface area contributed by atoms with E-state index in [1.54, 1.807) is 4.90 Å². The lowest BCUT2D eigenvalue weighted by atomic mass is 9.91. The molecule has 2 aromatic carbocycles. The van der Waals surface area contributed by atoms with Gasteiger partial charge >= 0.3 is 0 Å². The van der Waals surface area contributed by atoms with Crippen molar-refractivity contribution >= 4 is 11.7 Å². The van der Waals surface area contributed by atoms with Gasteiger partial charge in [-0.3, -0.25) is 9.59 Å². The molecule has 3 rings (SSSR count). The molecule has 1 aliphatic heterocycles. The van der Waals surface area contributed by atoms with Gasteiger partial charge in [0.05, 0.1) is 18.2 Å². The van der Waals surface area contributed by atoms with Gasteiger partial charge in [0, 0.05) is 13.0 Å². The van der Waals surface area contributed by atoms with E-state index in [9.17, 15) is 14.7 Å². The van der Waals surface area contributed by atoms with Gasteiger partial charge in [0.1, 0.15) is 5.75 Å². The second kappa shape index (κ2) is 10.0. The molecule has 0 aliphatic carbocycles. The van der Waals surface area contributed by atoms with E-state index >= 15 is 0 Å². The third kappa shape index (κ3) is 5.39. The number of carbonyl (C=O) groups excluding carboxylic acids is 2. The number of hydrogen-bond acceptors (Lipinski definition) is 4. The zero-order valence-electron chi connectivity index (χ0n) is 19.6. The minimum absolute atomic E-state index is 0.128. The highest BCUT2D eigenvalue weighted by atomic mass is 16.5. The monoisotopic (exact) mass is 435 g/mol. The van der Waals surface area contributed by atoms with Crippen LogP contribution in [0.25, 0.3) is 0 Å². The summed E-state index contributed by atoms with van der Waals surface area (Å²) in [5.74, 6) is 0.214. The van der Waals surface area contributed by atoms with E-state index in [0.29, 0.717) is 12.5 Å². The van der Waals surface area contributed by atoms with E-state index in [0.717, 1.165) is 22.4 Å². The number of hydrogen-bond donors (Lipinski definition) is 1. The highest BCUT2D eigenvalue weighted by Gasteiger charge is 2.43. The number of nitrogens with zero attached hydrogens (tertiary/aromatic N) is 1. The number of rotatable bonds is 9. The number of aryl methyl sites for hydroxylation is 1. The average molecular weight is 436 g/mol. The van der Waals surface area contributed by atoms with Gasteiger partial charge in [0.15, 0.2) is 11.5 Å². The van der Waals surface area contributed by atoms with Crippen LogP contribution in [0.3, 0.4) is 0 Å². The highest BCUT2D eigenvalue weighted by Crippen LogP contribution is 2.40. The summed E-state index contributed by atoms with van der Waals surface area (Å²) >= 11 is 0. The Morgan fingerprint density at radius 2 is 1.75 bits per heavy atom. The van der Waals surface area contributed by atoms with Crippen LogP contribution in [-0.2, 0) is 16.1 Å². The maximum Gasteiger partial charge on any atom is 0.290 e. The molecule has 5 nitrogen and oxygen atoms in total. The topological polar surface area (TPSA) is 66.8 Å². The van der Waals surface area contributed by atoms with Crippen LogP contribution in [0.15, 0.2) is 59.9 Å². The van der Waals surface area contributed by atoms with E-state index in [1.165, 1.54) is 0 Å². The van der Waals surface area contributed by atoms with Crippen LogP contribution in [0.4, 0.5) is 0 Å². The van der Waals surface area contributed by atoms with Crippen molar-refractivity contribution in [1.29, 1.82) is 0 Å². The molecular formula is C27H33NO4. The first-order valence-corrected chi connectivity index (χ1v) is 11.2. The molecule has 1 heterocycles. The fraction of sp³-hybridized carbons (Fsp3) is 0.407. The third-order valence-corrected chi connectivity index (χ3v) is 5.42. The summed E-state index contributed by atoms with van der Waals surface area (Å²) in [6.45, 7) is 11.0. The van der Waals surface area contributed by atoms with E-state index in [2.05, 4.69) is 13.8 Å². The zero-order chi connectivity index (χ0) is 23.4. The van der Waals surface area contributed by atoms with E-state index < -0.39 is 17.7 Å². The first kappa shape index (κ1) is 23.6. The van der Waals surface area contributed by atoms with Crippen LogP contribution in [0.1, 0.15) is 56.8 Å². The van der Waals surface area contributed by atoms with Gasteiger partial charge in [0.2, 0.25) is 0 Å². The van der Waals surface area contributed by atoms with Gasteiger partial charge in [0.25, 0.3) is 5.91 Å². The van der Waals surface area contributed by atoms with E-state index in [-0.39, 0.29) is 30.2 Å². The molecular weight excluding hydrogens is 402 g/mol. The smallest absolute Gasteiger partial charge is 0.290 e. The number of benzene rings is 2. The number of ketones is 1. The van der Waals surface area contributed by atoms with Crippen LogP contribution < -0.4 is 4.74 Å². The Hall–Kier alpha value is -3.08. The first-order valence-electron chi connectivity index (χ1n) is 11.2. The van der Waals surface area contributed by atoms with E-state index in [4.69, 9.17) is 4.74 Å². The van der Waals surface area contributed by atoms with Gasteiger partial charge in [-0.15, -0.1) is 0 Å². The summed E-state index contributed by atoms with van der Waals surface area (Å²) in [5.41, 5.74) is 2.96. The molecule has 170 valence electrons. The molecule has 0 radical (unpaired) electrons. The van der Waals surface area contributed by atoms with Crippen molar-refractivity contribution < 1.29 is 19.4 Å². The van der Waals surface area contributed by atoms with Crippen molar-refractivity contribution in [2.24, 2.45) is 11.8 Å². The number of carbonyl (C=O) groups is 2. The number of aliphatic hydroxyl groups is 1. The minimum atomic E-state index is -0.606. The normalized spacial score (nSPS) is 16.4. The number of ether oxygens (including phenoxy) is 1. The van der Waals surface area contributed by atoms with Gasteiger partial charge in [-0.2, -0.15) is 0 Å². The van der Waals surface area contributed by atoms with Crippen LogP contribution in [-0.4, -0.2) is 28.3 Å². The van der Waals surface area contributed by atoms with Crippen molar-refractivity contribution in [3.05, 3.63) is 76.6 Å². The Balaban J connectivity index is 1.92. The summed E-state index contributed by atoms with van der Waals surface area (Å²) in [6.07, 6.45) is 0.282. The molecule has 0 saturated heterocycles. The Labute approximate surface area is 190 Å². The molecule has 5 heteroatoms. The summed E-state index contributed by atoms with van der Waals surface area (Å²) in [5, 5.41) is 10.7. The molecule has 1 atom stereocenters. The highest BCUT2D eigenvalue weighted by molar-refractivity contribution is 6.09. The summed E-state index contributed by atoms with van der Waals surface area (Å²) in [6, 6.07) is 14.8. The molecule has 0 fully saturated rings. The molecule has 1 N–H and O–H groups in total. The number of amides is 1. The maximum absolute atomic E-state index is 13.1. The van der Waals surface area contributed by atoms with Gasteiger partial charge in [-0.05, 0) is 42.0 Å². The quantitative estimate of drug-likeness (QED) is 0.561. The van der Waals surface area contributed by atoms with Gasteiger partial charge in [-0.25, -0.2) is 0 Å². The van der Waals surface area contributed by atoms with Crippen LogP contribution in [0, 0.1) is 18.8 Å². The second-order valence-corrected chi connectivity index (χ2v) is 9.38. The Morgan fingerprint density at radius 3 is 2.34 bits per heavy atom. The average Bonchev–Trinajstić information content (AvgIpc) is 2.97. The molecule has 1 amide bonds. The van der Waals surface area contributed by atoms with Crippen molar-refractivity contribution in [2.75, 3.05) is 6.61 Å². The van der Waals surface area contributed by atoms with E-state index in [1.807, 2.05) is 69.3 Å². The molecule has 32 heavy (non-hydrogen) atoms. The lowest BCUT2D eigenvalue weighted by molar-refractivity contribution is -0.130. The summed E-state index contributed by atoms with van der Waals surface area (Å²) in [4.78, 5) is 27.7. The molecule has 0 aromatic heterocycles. The van der Waals surface area contributed by atoms with Crippen molar-refractivity contribution in [3.63, 3.8) is 0 Å². The van der Waals surface area contributed by atoms with Crippen LogP contribution >= 0.6 is 0 Å². The lowest BCUT2D eigenvalue weighted by Gasteiger charge is -2.27. The predicted molar refractivity (Wildman–Crippen MR) is 125 cm³/mol. The second-order valence-electron chi connectivity index (χ2n) is 9.38. The Kier molecular flexibility index (Phi) is 7.39. The largest absolute Gasteiger partial charge is 0.503 e. The van der Waals surface area contributed by atoms with Gasteiger partial charge < -0.3 is 14.7 Å². The molecule has 1 unspecified atom stereocenters. The SMILES string of the molecule is Cc1cccc(C2C(C(=O)CC(C)C)=C(O)C(=O)N2Cc2ccc(OCC(C)C)cc2)c1. The third-order valence-electron chi connectivity index (χ3n) is 5.42. The number of Topliss-reactive ketones (excluding diaryl/α,β-unsaturated/α-hetero) is 1. The standard InChI is InChI=1S/C27H33NO4/c1-17(2)13-23(29)24-25(21-8-6-7-19(5)14-21)28(27(31)26(24)30)15-20-9-11-22(12-10-20)32-16-18(3)4/h6-12,14,17-18,25,30H,13,15-16H2,1-5H3.